The summed E-state index contributed by atoms with van der Waals surface area (Å²) < 4.78 is 11.7. The minimum atomic E-state index is -0.417. The molecule has 4 aromatic rings. The van der Waals surface area contributed by atoms with E-state index in [0.29, 0.717) is 41.3 Å². The van der Waals surface area contributed by atoms with Gasteiger partial charge in [0.25, 0.3) is 5.69 Å². The standard InChI is InChI=1S/C25H21N3O5/c1-14-26-21-12-19(24-13-22(29)17-5-3-4-6-23(17)33-24)18(11-20(21)25(27-14)32-2)15-7-9-16(10-8-15)28(30)31/h3-10,13,18-19H,11-12H2,1-2H3. The van der Waals surface area contributed by atoms with Crippen molar-refractivity contribution in [2.24, 2.45) is 0 Å². The van der Waals surface area contributed by atoms with Crippen LogP contribution in [-0.2, 0) is 12.8 Å². The summed E-state index contributed by atoms with van der Waals surface area (Å²) in [6.07, 6.45) is 1.08. The van der Waals surface area contributed by atoms with Crippen LogP contribution in [0.5, 0.6) is 5.88 Å². The Morgan fingerprint density at radius 3 is 2.55 bits per heavy atom. The molecule has 0 N–H and O–H groups in total. The van der Waals surface area contributed by atoms with Gasteiger partial charge in [-0.25, -0.2) is 4.98 Å². The molecule has 33 heavy (non-hydrogen) atoms. The molecular formula is C25H21N3O5. The second-order valence-corrected chi connectivity index (χ2v) is 8.18. The average molecular weight is 443 g/mol. The summed E-state index contributed by atoms with van der Waals surface area (Å²) in [4.78, 5) is 32.6. The van der Waals surface area contributed by atoms with E-state index in [9.17, 15) is 14.9 Å². The van der Waals surface area contributed by atoms with Crippen molar-refractivity contribution in [3.63, 3.8) is 0 Å². The van der Waals surface area contributed by atoms with Gasteiger partial charge in [-0.05, 0) is 37.0 Å². The number of nitrogens with zero attached hydrogens (tertiary/aromatic N) is 3. The molecular weight excluding hydrogens is 422 g/mol. The molecule has 0 aliphatic heterocycles. The molecule has 0 spiro atoms. The van der Waals surface area contributed by atoms with Crippen molar-refractivity contribution in [1.29, 1.82) is 0 Å². The number of aromatic nitrogens is 2. The molecule has 2 atom stereocenters. The van der Waals surface area contributed by atoms with E-state index in [1.54, 1.807) is 43.5 Å². The molecule has 0 saturated heterocycles. The highest BCUT2D eigenvalue weighted by atomic mass is 16.6. The fourth-order valence-electron chi connectivity index (χ4n) is 4.68. The number of rotatable bonds is 4. The van der Waals surface area contributed by atoms with Crippen LogP contribution in [0.15, 0.2) is 63.8 Å². The summed E-state index contributed by atoms with van der Waals surface area (Å²) in [6, 6.07) is 15.3. The van der Waals surface area contributed by atoms with Crippen molar-refractivity contribution in [3.05, 3.63) is 103 Å². The zero-order chi connectivity index (χ0) is 23.1. The van der Waals surface area contributed by atoms with Crippen LogP contribution in [0, 0.1) is 17.0 Å². The number of hydrogen-bond donors (Lipinski definition) is 0. The van der Waals surface area contributed by atoms with Crippen LogP contribution in [0.3, 0.4) is 0 Å². The third-order valence-electron chi connectivity index (χ3n) is 6.23. The molecule has 2 heterocycles. The van der Waals surface area contributed by atoms with Gasteiger partial charge in [0.05, 0.1) is 23.1 Å². The molecule has 1 aliphatic carbocycles. The molecule has 0 bridgehead atoms. The van der Waals surface area contributed by atoms with Crippen molar-refractivity contribution < 1.29 is 14.1 Å². The van der Waals surface area contributed by atoms with E-state index in [4.69, 9.17) is 9.15 Å². The highest BCUT2D eigenvalue weighted by molar-refractivity contribution is 5.76. The van der Waals surface area contributed by atoms with E-state index in [1.807, 2.05) is 13.0 Å². The first kappa shape index (κ1) is 20.8. The topological polar surface area (TPSA) is 108 Å². The van der Waals surface area contributed by atoms with Gasteiger partial charge in [0.15, 0.2) is 5.43 Å². The lowest BCUT2D eigenvalue weighted by molar-refractivity contribution is -0.384. The fraction of sp³-hybridized carbons (Fsp3) is 0.240. The van der Waals surface area contributed by atoms with Gasteiger partial charge in [-0.2, -0.15) is 4.98 Å². The van der Waals surface area contributed by atoms with Gasteiger partial charge in [-0.1, -0.05) is 24.3 Å². The first-order valence-corrected chi connectivity index (χ1v) is 10.6. The zero-order valence-corrected chi connectivity index (χ0v) is 18.1. The minimum absolute atomic E-state index is 0.0280. The molecule has 0 fully saturated rings. The number of hydrogen-bond acceptors (Lipinski definition) is 7. The van der Waals surface area contributed by atoms with Crippen LogP contribution in [0.4, 0.5) is 5.69 Å². The molecule has 8 nitrogen and oxygen atoms in total. The van der Waals surface area contributed by atoms with Crippen LogP contribution in [0.2, 0.25) is 0 Å². The normalized spacial score (nSPS) is 17.5. The van der Waals surface area contributed by atoms with Gasteiger partial charge in [-0.3, -0.25) is 14.9 Å². The highest BCUT2D eigenvalue weighted by Crippen LogP contribution is 2.44. The number of para-hydroxylation sites is 1. The van der Waals surface area contributed by atoms with Crippen LogP contribution in [-0.4, -0.2) is 22.0 Å². The van der Waals surface area contributed by atoms with E-state index < -0.39 is 4.92 Å². The monoisotopic (exact) mass is 443 g/mol. The summed E-state index contributed by atoms with van der Waals surface area (Å²) in [7, 11) is 1.58. The molecule has 2 unspecified atom stereocenters. The van der Waals surface area contributed by atoms with Crippen molar-refractivity contribution in [2.75, 3.05) is 7.11 Å². The summed E-state index contributed by atoms with van der Waals surface area (Å²) in [5.74, 6) is 1.42. The Labute approximate surface area is 189 Å². The lowest BCUT2D eigenvalue weighted by atomic mass is 9.73. The zero-order valence-electron chi connectivity index (χ0n) is 18.1. The Hall–Kier alpha value is -4.07. The van der Waals surface area contributed by atoms with Gasteiger partial charge < -0.3 is 9.15 Å². The van der Waals surface area contributed by atoms with Crippen molar-refractivity contribution >= 4 is 16.7 Å². The second-order valence-electron chi connectivity index (χ2n) is 8.18. The lowest BCUT2D eigenvalue weighted by Gasteiger charge is -2.32. The molecule has 5 rings (SSSR count). The molecule has 166 valence electrons. The Morgan fingerprint density at radius 2 is 1.82 bits per heavy atom. The Morgan fingerprint density at radius 1 is 1.06 bits per heavy atom. The predicted octanol–water partition coefficient (Wildman–Crippen LogP) is 4.47. The largest absolute Gasteiger partial charge is 0.481 e. The first-order valence-electron chi connectivity index (χ1n) is 10.6. The van der Waals surface area contributed by atoms with Crippen LogP contribution in [0.1, 0.15) is 40.2 Å². The summed E-state index contributed by atoms with van der Waals surface area (Å²) in [6.45, 7) is 1.82. The number of aryl methyl sites for hydroxylation is 1. The quantitative estimate of drug-likeness (QED) is 0.338. The number of fused-ring (bicyclic) bond motifs is 2. The summed E-state index contributed by atoms with van der Waals surface area (Å²) in [5, 5.41) is 11.7. The predicted molar refractivity (Wildman–Crippen MR) is 122 cm³/mol. The highest BCUT2D eigenvalue weighted by Gasteiger charge is 2.36. The Kier molecular flexibility index (Phi) is 5.12. The number of benzene rings is 2. The number of nitro groups is 1. The maximum absolute atomic E-state index is 12.8. The Balaban J connectivity index is 1.67. The maximum Gasteiger partial charge on any atom is 0.269 e. The number of nitro benzene ring substituents is 1. The summed E-state index contributed by atoms with van der Waals surface area (Å²) in [5.41, 5.74) is 3.14. The van der Waals surface area contributed by atoms with Crippen LogP contribution >= 0.6 is 0 Å². The number of methoxy groups -OCH3 is 1. The maximum atomic E-state index is 12.8. The van der Waals surface area contributed by atoms with Gasteiger partial charge in [0.1, 0.15) is 17.2 Å². The Bertz CT molecular complexity index is 1430. The van der Waals surface area contributed by atoms with E-state index in [-0.39, 0.29) is 23.0 Å². The molecule has 1 aliphatic rings. The molecule has 0 radical (unpaired) electrons. The van der Waals surface area contributed by atoms with Gasteiger partial charge in [0.2, 0.25) is 5.88 Å². The summed E-state index contributed by atoms with van der Waals surface area (Å²) >= 11 is 0. The van der Waals surface area contributed by atoms with Crippen LogP contribution in [0.25, 0.3) is 11.0 Å². The first-order chi connectivity index (χ1) is 15.9. The van der Waals surface area contributed by atoms with E-state index in [0.717, 1.165) is 16.8 Å². The molecule has 0 amide bonds. The van der Waals surface area contributed by atoms with Crippen molar-refractivity contribution in [1.82, 2.24) is 9.97 Å². The SMILES string of the molecule is COc1nc(C)nc2c1CC(c1ccc([N+](=O)[O-])cc1)C(c1cc(=O)c3ccccc3o1)C2. The molecule has 2 aromatic carbocycles. The number of ether oxygens (including phenoxy) is 1. The van der Waals surface area contributed by atoms with Gasteiger partial charge in [-0.15, -0.1) is 0 Å². The second kappa shape index (κ2) is 8.12. The third kappa shape index (κ3) is 3.73. The molecule has 8 heteroatoms. The molecule has 0 saturated carbocycles. The number of non-ortho nitro benzene ring substituents is 1. The van der Waals surface area contributed by atoms with Crippen molar-refractivity contribution in [2.45, 2.75) is 31.6 Å². The van der Waals surface area contributed by atoms with E-state index in [1.165, 1.54) is 12.1 Å². The third-order valence-corrected chi connectivity index (χ3v) is 6.23. The molecule has 2 aromatic heterocycles. The minimum Gasteiger partial charge on any atom is -0.481 e. The lowest BCUT2D eigenvalue weighted by Crippen LogP contribution is -2.25. The van der Waals surface area contributed by atoms with E-state index >= 15 is 0 Å². The van der Waals surface area contributed by atoms with Gasteiger partial charge >= 0.3 is 0 Å². The van der Waals surface area contributed by atoms with Gasteiger partial charge in [0, 0.05) is 36.1 Å². The average Bonchev–Trinajstić information content (AvgIpc) is 2.82. The van der Waals surface area contributed by atoms with Crippen LogP contribution < -0.4 is 10.2 Å². The smallest absolute Gasteiger partial charge is 0.269 e. The van der Waals surface area contributed by atoms with Crippen molar-refractivity contribution in [3.8, 4) is 5.88 Å². The van der Waals surface area contributed by atoms with E-state index in [2.05, 4.69) is 9.97 Å². The fourth-order valence-corrected chi connectivity index (χ4v) is 4.68.